The van der Waals surface area contributed by atoms with Crippen molar-refractivity contribution in [3.63, 3.8) is 0 Å². The van der Waals surface area contributed by atoms with Gasteiger partial charge in [-0.15, -0.1) is 5.10 Å². The maximum atomic E-state index is 10.7. The fourth-order valence-electron chi connectivity index (χ4n) is 1.54. The van der Waals surface area contributed by atoms with Gasteiger partial charge in [0, 0.05) is 5.41 Å². The first kappa shape index (κ1) is 12.6. The van der Waals surface area contributed by atoms with E-state index in [0.29, 0.717) is 6.42 Å². The minimum Gasteiger partial charge on any atom is -0.481 e. The van der Waals surface area contributed by atoms with Crippen molar-refractivity contribution in [1.29, 1.82) is 0 Å². The highest BCUT2D eigenvalue weighted by atomic mass is 16.4. The van der Waals surface area contributed by atoms with E-state index in [9.17, 15) is 4.79 Å². The van der Waals surface area contributed by atoms with E-state index in [1.807, 2.05) is 27.7 Å². The monoisotopic (exact) mass is 226 g/mol. The molecule has 0 saturated carbocycles. The number of hydrogen-bond donors (Lipinski definition) is 1. The number of aliphatic carboxylic acids is 1. The molecule has 0 radical (unpaired) electrons. The van der Waals surface area contributed by atoms with Crippen LogP contribution in [0.1, 0.15) is 52.4 Å². The van der Waals surface area contributed by atoms with Crippen molar-refractivity contribution >= 4 is 5.97 Å². The van der Waals surface area contributed by atoms with Gasteiger partial charge in [-0.05, 0) is 16.8 Å². The molecule has 1 rings (SSSR count). The number of rotatable bonds is 4. The van der Waals surface area contributed by atoms with Gasteiger partial charge in [-0.3, -0.25) is 4.79 Å². The van der Waals surface area contributed by atoms with E-state index in [4.69, 9.17) is 5.11 Å². The van der Waals surface area contributed by atoms with Gasteiger partial charge in [-0.2, -0.15) is 0 Å². The van der Waals surface area contributed by atoms with Crippen LogP contribution in [0.2, 0.25) is 0 Å². The molecule has 0 aliphatic rings. The van der Waals surface area contributed by atoms with Gasteiger partial charge in [-0.1, -0.05) is 27.7 Å². The Hall–Kier alpha value is -1.46. The van der Waals surface area contributed by atoms with Gasteiger partial charge in [0.25, 0.3) is 0 Å². The molecule has 1 aromatic rings. The summed E-state index contributed by atoms with van der Waals surface area (Å²) < 4.78 is 1.63. The van der Waals surface area contributed by atoms with Crippen LogP contribution in [0.5, 0.6) is 0 Å². The number of aromatic nitrogens is 4. The van der Waals surface area contributed by atoms with Crippen LogP contribution >= 0.6 is 0 Å². The zero-order valence-corrected chi connectivity index (χ0v) is 10.1. The number of nitrogens with zero attached hydrogens (tertiary/aromatic N) is 4. The highest BCUT2D eigenvalue weighted by Crippen LogP contribution is 2.24. The number of tetrazole rings is 1. The van der Waals surface area contributed by atoms with E-state index >= 15 is 0 Å². The number of hydrogen-bond acceptors (Lipinski definition) is 4. The maximum absolute atomic E-state index is 10.7. The van der Waals surface area contributed by atoms with Crippen molar-refractivity contribution in [2.75, 3.05) is 0 Å². The summed E-state index contributed by atoms with van der Waals surface area (Å²) in [6.45, 7) is 7.94. The summed E-state index contributed by atoms with van der Waals surface area (Å²) >= 11 is 0. The minimum atomic E-state index is -0.831. The first-order chi connectivity index (χ1) is 7.36. The zero-order valence-electron chi connectivity index (χ0n) is 10.1. The summed E-state index contributed by atoms with van der Waals surface area (Å²) in [5, 5.41) is 20.3. The highest BCUT2D eigenvalue weighted by molar-refractivity contribution is 5.67. The van der Waals surface area contributed by atoms with Crippen LogP contribution in [0.3, 0.4) is 0 Å². The Labute approximate surface area is 94.7 Å². The summed E-state index contributed by atoms with van der Waals surface area (Å²) in [5.74, 6) is -0.109. The summed E-state index contributed by atoms with van der Waals surface area (Å²) in [4.78, 5) is 10.7. The smallest absolute Gasteiger partial charge is 0.305 e. The standard InChI is InChI=1S/C10H18N4O2/c1-5-7(6-8(15)16)14-9(10(2,3)4)11-12-13-14/h7H,5-6H2,1-4H3,(H,15,16). The molecule has 0 aliphatic carbocycles. The number of carboxylic acid groups (broad SMARTS) is 1. The molecule has 90 valence electrons. The Morgan fingerprint density at radius 1 is 1.50 bits per heavy atom. The van der Waals surface area contributed by atoms with E-state index in [-0.39, 0.29) is 17.9 Å². The normalized spacial score (nSPS) is 13.8. The maximum Gasteiger partial charge on any atom is 0.305 e. The lowest BCUT2D eigenvalue weighted by molar-refractivity contribution is -0.138. The average Bonchev–Trinajstić information content (AvgIpc) is 2.61. The van der Waals surface area contributed by atoms with Gasteiger partial charge in [-0.25, -0.2) is 4.68 Å². The molecule has 0 spiro atoms. The van der Waals surface area contributed by atoms with Gasteiger partial charge in [0.2, 0.25) is 0 Å². The molecule has 1 heterocycles. The lowest BCUT2D eigenvalue weighted by Crippen LogP contribution is -2.24. The van der Waals surface area contributed by atoms with Gasteiger partial charge < -0.3 is 5.11 Å². The summed E-state index contributed by atoms with van der Waals surface area (Å²) in [6, 6.07) is -0.179. The second-order valence-corrected chi connectivity index (χ2v) is 4.86. The van der Waals surface area contributed by atoms with Gasteiger partial charge in [0.1, 0.15) is 0 Å². The Balaban J connectivity index is 3.02. The Morgan fingerprint density at radius 3 is 2.56 bits per heavy atom. The molecular weight excluding hydrogens is 208 g/mol. The third kappa shape index (κ3) is 2.77. The van der Waals surface area contributed by atoms with E-state index < -0.39 is 5.97 Å². The third-order valence-corrected chi connectivity index (χ3v) is 2.39. The SMILES string of the molecule is CCC(CC(=O)O)n1nnnc1C(C)(C)C. The van der Waals surface area contributed by atoms with E-state index in [1.165, 1.54) is 0 Å². The van der Waals surface area contributed by atoms with Crippen LogP contribution in [0.4, 0.5) is 0 Å². The molecule has 1 N–H and O–H groups in total. The summed E-state index contributed by atoms with van der Waals surface area (Å²) in [5.41, 5.74) is -0.185. The van der Waals surface area contributed by atoms with Gasteiger partial charge >= 0.3 is 5.97 Å². The minimum absolute atomic E-state index is 0.0462. The lowest BCUT2D eigenvalue weighted by Gasteiger charge is -2.21. The molecule has 6 nitrogen and oxygen atoms in total. The highest BCUT2D eigenvalue weighted by Gasteiger charge is 2.26. The van der Waals surface area contributed by atoms with Gasteiger partial charge in [0.05, 0.1) is 12.5 Å². The van der Waals surface area contributed by atoms with E-state index in [1.54, 1.807) is 4.68 Å². The molecular formula is C10H18N4O2. The third-order valence-electron chi connectivity index (χ3n) is 2.39. The largest absolute Gasteiger partial charge is 0.481 e. The fourth-order valence-corrected chi connectivity index (χ4v) is 1.54. The number of carbonyl (C=O) groups is 1. The summed E-state index contributed by atoms with van der Waals surface area (Å²) in [6.07, 6.45) is 0.741. The zero-order chi connectivity index (χ0) is 12.3. The molecule has 0 saturated heterocycles. The molecule has 1 unspecified atom stereocenters. The lowest BCUT2D eigenvalue weighted by atomic mass is 9.95. The first-order valence-electron chi connectivity index (χ1n) is 5.36. The van der Waals surface area contributed by atoms with Gasteiger partial charge in [0.15, 0.2) is 5.82 Å². The predicted octanol–water partition coefficient (Wildman–Crippen LogP) is 1.40. The number of carboxylic acids is 1. The van der Waals surface area contributed by atoms with Crippen molar-refractivity contribution in [2.24, 2.45) is 0 Å². The van der Waals surface area contributed by atoms with Crippen LogP contribution in [-0.4, -0.2) is 31.3 Å². The molecule has 0 aliphatic heterocycles. The van der Waals surface area contributed by atoms with Crippen molar-refractivity contribution in [2.45, 2.75) is 52.0 Å². The molecule has 0 bridgehead atoms. The van der Waals surface area contributed by atoms with E-state index in [2.05, 4.69) is 15.5 Å². The second kappa shape index (κ2) is 4.59. The quantitative estimate of drug-likeness (QED) is 0.839. The van der Waals surface area contributed by atoms with Crippen molar-refractivity contribution in [3.05, 3.63) is 5.82 Å². The Kier molecular flexibility index (Phi) is 3.62. The van der Waals surface area contributed by atoms with Crippen molar-refractivity contribution in [3.8, 4) is 0 Å². The van der Waals surface area contributed by atoms with E-state index in [0.717, 1.165) is 5.82 Å². The molecule has 0 fully saturated rings. The first-order valence-corrected chi connectivity index (χ1v) is 5.36. The summed E-state index contributed by atoms with van der Waals surface area (Å²) in [7, 11) is 0. The Morgan fingerprint density at radius 2 is 2.12 bits per heavy atom. The predicted molar refractivity (Wildman–Crippen MR) is 58.1 cm³/mol. The molecule has 0 amide bonds. The average molecular weight is 226 g/mol. The van der Waals surface area contributed by atoms with Crippen LogP contribution in [0.25, 0.3) is 0 Å². The molecule has 16 heavy (non-hydrogen) atoms. The van der Waals surface area contributed by atoms with Crippen molar-refractivity contribution in [1.82, 2.24) is 20.2 Å². The van der Waals surface area contributed by atoms with Crippen LogP contribution in [0.15, 0.2) is 0 Å². The van der Waals surface area contributed by atoms with Crippen molar-refractivity contribution < 1.29 is 9.90 Å². The van der Waals surface area contributed by atoms with Crippen LogP contribution in [-0.2, 0) is 10.2 Å². The molecule has 6 heteroatoms. The second-order valence-electron chi connectivity index (χ2n) is 4.86. The molecule has 1 aromatic heterocycles. The topological polar surface area (TPSA) is 80.9 Å². The fraction of sp³-hybridized carbons (Fsp3) is 0.800. The van der Waals surface area contributed by atoms with Crippen LogP contribution < -0.4 is 0 Å². The van der Waals surface area contributed by atoms with Crippen LogP contribution in [0, 0.1) is 0 Å². The molecule has 1 atom stereocenters. The molecule has 0 aromatic carbocycles. The Bertz CT molecular complexity index is 367.